The van der Waals surface area contributed by atoms with Gasteiger partial charge in [0.1, 0.15) is 5.60 Å². The van der Waals surface area contributed by atoms with Crippen molar-refractivity contribution in [3.63, 3.8) is 0 Å². The summed E-state index contributed by atoms with van der Waals surface area (Å²) in [5.41, 5.74) is 5.27. The fourth-order valence-electron chi connectivity index (χ4n) is 4.50. The summed E-state index contributed by atoms with van der Waals surface area (Å²) in [5.74, 6) is -0.712. The Bertz CT molecular complexity index is 954. The number of hydrogen-bond acceptors (Lipinski definition) is 20. The molecule has 0 saturated carbocycles. The third kappa shape index (κ3) is 52.8. The van der Waals surface area contributed by atoms with Crippen molar-refractivity contribution in [2.45, 2.75) is 45.3 Å². The number of rotatable bonds is 52. The van der Waals surface area contributed by atoms with Gasteiger partial charge in [-0.05, 0) is 27.2 Å². The van der Waals surface area contributed by atoms with Gasteiger partial charge in [-0.1, -0.05) is 0 Å². The molecule has 63 heavy (non-hydrogen) atoms. The molecule has 0 saturated heterocycles. The van der Waals surface area contributed by atoms with Crippen LogP contribution in [-0.2, 0) is 90.1 Å². The molecule has 0 aliphatic rings. The average Bonchev–Trinajstić information content (AvgIpc) is 3.25. The molecule has 0 bridgehead atoms. The van der Waals surface area contributed by atoms with Gasteiger partial charge in [0.15, 0.2) is 0 Å². The molecule has 0 aliphatic heterocycles. The molecule has 1 atom stereocenters. The van der Waals surface area contributed by atoms with Crippen LogP contribution in [0.4, 0.5) is 0 Å². The lowest BCUT2D eigenvalue weighted by molar-refractivity contribution is -0.155. The SMILES string of the molecule is COCCOCCOCCOCCOCCOCCOCCOCCOCCOCCOCCOCCOCCOCCOCCOCCNC(=O)[C@@H](N)CCC(=O)OC(C)(C)C. The van der Waals surface area contributed by atoms with Crippen LogP contribution in [0.1, 0.15) is 33.6 Å². The molecule has 0 radical (unpaired) electrons. The Labute approximate surface area is 376 Å². The summed E-state index contributed by atoms with van der Waals surface area (Å²) in [5, 5.41) is 2.69. The quantitative estimate of drug-likeness (QED) is 0.0623. The van der Waals surface area contributed by atoms with Crippen LogP contribution in [0.5, 0.6) is 0 Å². The number of ether oxygens (including phenoxy) is 17. The van der Waals surface area contributed by atoms with Crippen molar-refractivity contribution in [1.82, 2.24) is 5.32 Å². The summed E-state index contributed by atoms with van der Waals surface area (Å²) in [6.07, 6.45) is 0.298. The van der Waals surface area contributed by atoms with Crippen LogP contribution >= 0.6 is 0 Å². The number of amides is 1. The van der Waals surface area contributed by atoms with Gasteiger partial charge in [0.25, 0.3) is 0 Å². The fourth-order valence-corrected chi connectivity index (χ4v) is 4.50. The molecule has 376 valence electrons. The Hall–Kier alpha value is -1.74. The predicted octanol–water partition coefficient (Wildman–Crippen LogP) is 0.447. The largest absolute Gasteiger partial charge is 0.460 e. The number of esters is 1. The van der Waals surface area contributed by atoms with Gasteiger partial charge < -0.3 is 91.6 Å². The van der Waals surface area contributed by atoms with Crippen LogP contribution in [0.25, 0.3) is 0 Å². The zero-order valence-corrected chi connectivity index (χ0v) is 39.0. The van der Waals surface area contributed by atoms with E-state index in [1.165, 1.54) is 0 Å². The summed E-state index contributed by atoms with van der Waals surface area (Å²) in [4.78, 5) is 23.8. The lowest BCUT2D eigenvalue weighted by Crippen LogP contribution is -2.42. The van der Waals surface area contributed by atoms with E-state index < -0.39 is 11.6 Å². The number of methoxy groups -OCH3 is 1. The van der Waals surface area contributed by atoms with E-state index in [0.717, 1.165) is 0 Å². The number of nitrogens with one attached hydrogen (secondary N) is 1. The number of hydrogen-bond donors (Lipinski definition) is 2. The smallest absolute Gasteiger partial charge is 0.306 e. The van der Waals surface area contributed by atoms with E-state index in [9.17, 15) is 9.59 Å². The highest BCUT2D eigenvalue weighted by Crippen LogP contribution is 2.09. The lowest BCUT2D eigenvalue weighted by atomic mass is 10.1. The first-order valence-electron chi connectivity index (χ1n) is 22.2. The van der Waals surface area contributed by atoms with Crippen LogP contribution in [0.2, 0.25) is 0 Å². The number of carbonyl (C=O) groups is 2. The van der Waals surface area contributed by atoms with Gasteiger partial charge >= 0.3 is 5.97 Å². The second kappa shape index (κ2) is 49.7. The van der Waals surface area contributed by atoms with Crippen molar-refractivity contribution in [3.05, 3.63) is 0 Å². The van der Waals surface area contributed by atoms with Crippen molar-refractivity contribution in [3.8, 4) is 0 Å². The van der Waals surface area contributed by atoms with Crippen molar-refractivity contribution in [2.24, 2.45) is 5.73 Å². The Kier molecular flexibility index (Phi) is 48.3. The third-order valence-electron chi connectivity index (χ3n) is 7.60. The van der Waals surface area contributed by atoms with E-state index in [0.29, 0.717) is 211 Å². The maximum Gasteiger partial charge on any atom is 0.306 e. The van der Waals surface area contributed by atoms with Crippen molar-refractivity contribution < 1.29 is 90.1 Å². The predicted molar refractivity (Wildman–Crippen MR) is 230 cm³/mol. The molecule has 0 aromatic rings. The molecule has 0 unspecified atom stereocenters. The topological polar surface area (TPSA) is 229 Å². The lowest BCUT2D eigenvalue weighted by Gasteiger charge is -2.20. The first kappa shape index (κ1) is 61.3. The maximum absolute atomic E-state index is 12.0. The highest BCUT2D eigenvalue weighted by molar-refractivity contribution is 5.82. The molecular formula is C42H84N2O19. The summed E-state index contributed by atoms with van der Waals surface area (Å²) < 4.78 is 92.1. The molecule has 21 nitrogen and oxygen atoms in total. The first-order chi connectivity index (χ1) is 30.8. The third-order valence-corrected chi connectivity index (χ3v) is 7.60. The van der Waals surface area contributed by atoms with Crippen LogP contribution in [0, 0.1) is 0 Å². The van der Waals surface area contributed by atoms with E-state index in [-0.39, 0.29) is 24.7 Å². The Balaban J connectivity index is 3.17. The second-order valence-electron chi connectivity index (χ2n) is 14.2. The zero-order chi connectivity index (χ0) is 46.0. The molecular weight excluding hydrogens is 836 g/mol. The van der Waals surface area contributed by atoms with Crippen LogP contribution in [0.3, 0.4) is 0 Å². The van der Waals surface area contributed by atoms with Crippen LogP contribution < -0.4 is 11.1 Å². The molecule has 3 N–H and O–H groups in total. The molecule has 21 heteroatoms. The van der Waals surface area contributed by atoms with Gasteiger partial charge in [0, 0.05) is 20.1 Å². The van der Waals surface area contributed by atoms with Crippen molar-refractivity contribution >= 4 is 11.9 Å². The minimum Gasteiger partial charge on any atom is -0.460 e. The Morgan fingerprint density at radius 3 is 0.841 bits per heavy atom. The molecule has 0 spiro atoms. The monoisotopic (exact) mass is 921 g/mol. The Morgan fingerprint density at radius 1 is 0.397 bits per heavy atom. The first-order valence-corrected chi connectivity index (χ1v) is 22.2. The maximum atomic E-state index is 12.0. The standard InChI is InChI=1S/C42H84N2O19/c1-42(2,3)63-40(45)6-5-39(43)41(46)44-7-8-48-11-12-50-15-16-52-19-20-54-23-24-56-27-28-58-31-32-60-35-36-62-38-37-61-34-33-59-30-29-57-26-25-55-22-21-53-18-17-51-14-13-49-10-9-47-4/h39H,5-38,43H2,1-4H3,(H,44,46)/t39-/m0/s1. The van der Waals surface area contributed by atoms with E-state index in [2.05, 4.69) is 5.32 Å². The van der Waals surface area contributed by atoms with E-state index in [1.807, 2.05) is 0 Å². The molecule has 0 aliphatic carbocycles. The second-order valence-corrected chi connectivity index (χ2v) is 14.2. The molecule has 0 aromatic carbocycles. The van der Waals surface area contributed by atoms with Crippen molar-refractivity contribution in [1.29, 1.82) is 0 Å². The summed E-state index contributed by atoms with van der Waals surface area (Å²) >= 11 is 0. The van der Waals surface area contributed by atoms with Crippen LogP contribution in [0.15, 0.2) is 0 Å². The van der Waals surface area contributed by atoms with Gasteiger partial charge in [-0.3, -0.25) is 9.59 Å². The van der Waals surface area contributed by atoms with E-state index in [1.54, 1.807) is 27.9 Å². The summed E-state index contributed by atoms with van der Waals surface area (Å²) in [6.45, 7) is 20.7. The molecule has 0 rings (SSSR count). The summed E-state index contributed by atoms with van der Waals surface area (Å²) in [7, 11) is 1.64. The highest BCUT2D eigenvalue weighted by Gasteiger charge is 2.19. The summed E-state index contributed by atoms with van der Waals surface area (Å²) in [6, 6.07) is -0.784. The van der Waals surface area contributed by atoms with Gasteiger partial charge in [-0.2, -0.15) is 0 Å². The molecule has 0 fully saturated rings. The zero-order valence-electron chi connectivity index (χ0n) is 39.0. The van der Waals surface area contributed by atoms with Crippen LogP contribution in [-0.4, -0.2) is 242 Å². The average molecular weight is 921 g/mol. The van der Waals surface area contributed by atoms with Gasteiger partial charge in [0.2, 0.25) is 5.91 Å². The molecule has 1 amide bonds. The minimum absolute atomic E-state index is 0.0837. The molecule has 0 heterocycles. The fraction of sp³-hybridized carbons (Fsp3) is 0.952. The Morgan fingerprint density at radius 2 is 0.619 bits per heavy atom. The van der Waals surface area contributed by atoms with Gasteiger partial charge in [-0.15, -0.1) is 0 Å². The van der Waals surface area contributed by atoms with Gasteiger partial charge in [0.05, 0.1) is 211 Å². The van der Waals surface area contributed by atoms with E-state index >= 15 is 0 Å². The number of nitrogens with two attached hydrogens (primary N) is 1. The minimum atomic E-state index is -0.784. The van der Waals surface area contributed by atoms with E-state index in [4.69, 9.17) is 86.3 Å². The molecule has 0 aromatic heterocycles. The van der Waals surface area contributed by atoms with Gasteiger partial charge in [-0.25, -0.2) is 0 Å². The highest BCUT2D eigenvalue weighted by atomic mass is 16.6. The normalized spacial score (nSPS) is 12.3. The number of carbonyl (C=O) groups excluding carboxylic acids is 2. The van der Waals surface area contributed by atoms with Crippen molar-refractivity contribution in [2.75, 3.05) is 218 Å².